The SMILES string of the molecule is c1ccc2c(c1)-c1ccccc1-c1ccc(-c3cc(-n4c5ccccc5c5ccncc54)cc(-n4c5ccccc5c5ccncc54)c3)cc1-c1ccccc1-2. The van der Waals surface area contributed by atoms with Crippen LogP contribution in [-0.2, 0) is 0 Å². The Morgan fingerprint density at radius 3 is 1.16 bits per heavy atom. The monoisotopic (exact) mass is 712 g/mol. The van der Waals surface area contributed by atoms with Crippen molar-refractivity contribution in [2.24, 2.45) is 0 Å². The number of fused-ring (bicyclic) bond motifs is 14. The molecule has 1 aliphatic rings. The summed E-state index contributed by atoms with van der Waals surface area (Å²) < 4.78 is 4.74. The highest BCUT2D eigenvalue weighted by atomic mass is 15.0. The van der Waals surface area contributed by atoms with Gasteiger partial charge in [0.1, 0.15) is 0 Å². The smallest absolute Gasteiger partial charge is 0.0724 e. The summed E-state index contributed by atoms with van der Waals surface area (Å²) in [5, 5.41) is 4.77. The molecule has 0 spiro atoms. The molecule has 12 rings (SSSR count). The first kappa shape index (κ1) is 30.9. The third-order valence-electron chi connectivity index (χ3n) is 11.7. The topological polar surface area (TPSA) is 35.6 Å². The highest BCUT2D eigenvalue weighted by Gasteiger charge is 2.23. The number of hydrogen-bond acceptors (Lipinski definition) is 2. The Morgan fingerprint density at radius 2 is 0.679 bits per heavy atom. The molecule has 11 aromatic rings. The molecule has 1 aliphatic carbocycles. The zero-order valence-electron chi connectivity index (χ0n) is 30.3. The van der Waals surface area contributed by atoms with Gasteiger partial charge >= 0.3 is 0 Å². The summed E-state index contributed by atoms with van der Waals surface area (Å²) in [6.07, 6.45) is 7.75. The van der Waals surface area contributed by atoms with Crippen molar-refractivity contribution in [1.29, 1.82) is 0 Å². The summed E-state index contributed by atoms with van der Waals surface area (Å²) in [4.78, 5) is 9.23. The molecule has 0 amide bonds. The first-order valence-corrected chi connectivity index (χ1v) is 19.1. The highest BCUT2D eigenvalue weighted by Crippen LogP contribution is 2.49. The van der Waals surface area contributed by atoms with Crippen molar-refractivity contribution in [2.45, 2.75) is 0 Å². The third kappa shape index (κ3) is 4.47. The van der Waals surface area contributed by atoms with Gasteiger partial charge in [0, 0.05) is 45.3 Å². The Balaban J connectivity index is 1.17. The van der Waals surface area contributed by atoms with E-state index >= 15 is 0 Å². The van der Waals surface area contributed by atoms with Gasteiger partial charge in [0.05, 0.1) is 34.5 Å². The van der Waals surface area contributed by atoms with E-state index in [4.69, 9.17) is 0 Å². The first-order chi connectivity index (χ1) is 27.8. The van der Waals surface area contributed by atoms with Crippen LogP contribution in [0.3, 0.4) is 0 Å². The molecule has 4 heteroatoms. The number of hydrogen-bond donors (Lipinski definition) is 0. The lowest BCUT2D eigenvalue weighted by atomic mass is 9.80. The second-order valence-corrected chi connectivity index (χ2v) is 14.6. The van der Waals surface area contributed by atoms with Gasteiger partial charge in [-0.05, 0) is 104 Å². The average Bonchev–Trinajstić information content (AvgIpc) is 3.79. The predicted molar refractivity (Wildman–Crippen MR) is 231 cm³/mol. The molecule has 0 aliphatic heterocycles. The molecule has 0 saturated heterocycles. The van der Waals surface area contributed by atoms with Crippen LogP contribution in [-0.4, -0.2) is 19.1 Å². The lowest BCUT2D eigenvalue weighted by Gasteiger charge is -2.23. The van der Waals surface area contributed by atoms with Crippen LogP contribution in [0.25, 0.3) is 111 Å². The van der Waals surface area contributed by atoms with Crippen LogP contribution in [0.1, 0.15) is 0 Å². The molecule has 0 unspecified atom stereocenters. The number of pyridine rings is 2. The lowest BCUT2D eigenvalue weighted by molar-refractivity contribution is 1.12. The number of rotatable bonds is 3. The molecule has 56 heavy (non-hydrogen) atoms. The zero-order valence-corrected chi connectivity index (χ0v) is 30.3. The van der Waals surface area contributed by atoms with E-state index < -0.39 is 0 Å². The van der Waals surface area contributed by atoms with E-state index in [1.807, 2.05) is 24.8 Å². The maximum absolute atomic E-state index is 4.62. The molecule has 4 heterocycles. The molecule has 0 bridgehead atoms. The molecular weight excluding hydrogens is 681 g/mol. The quantitative estimate of drug-likeness (QED) is 0.183. The van der Waals surface area contributed by atoms with Crippen molar-refractivity contribution in [2.75, 3.05) is 0 Å². The van der Waals surface area contributed by atoms with Crippen LogP contribution in [0.15, 0.2) is 195 Å². The molecule has 4 aromatic heterocycles. The summed E-state index contributed by atoms with van der Waals surface area (Å²) in [6, 6.07) is 62.1. The molecule has 0 radical (unpaired) electrons. The number of aromatic nitrogens is 4. The number of para-hydroxylation sites is 2. The van der Waals surface area contributed by atoms with Crippen LogP contribution in [0.2, 0.25) is 0 Å². The molecule has 0 atom stereocenters. The Labute approximate surface area is 323 Å². The maximum Gasteiger partial charge on any atom is 0.0724 e. The summed E-state index contributed by atoms with van der Waals surface area (Å²) in [5.74, 6) is 0. The average molecular weight is 713 g/mol. The van der Waals surface area contributed by atoms with E-state index in [1.54, 1.807) is 0 Å². The van der Waals surface area contributed by atoms with Gasteiger partial charge in [-0.25, -0.2) is 0 Å². The zero-order chi connectivity index (χ0) is 36.7. The van der Waals surface area contributed by atoms with Crippen molar-refractivity contribution >= 4 is 43.6 Å². The van der Waals surface area contributed by atoms with E-state index in [0.29, 0.717) is 0 Å². The fourth-order valence-corrected chi connectivity index (χ4v) is 9.25. The molecule has 4 nitrogen and oxygen atoms in total. The molecular formula is C52H32N4. The van der Waals surface area contributed by atoms with Gasteiger partial charge in [-0.3, -0.25) is 9.97 Å². The van der Waals surface area contributed by atoms with Gasteiger partial charge in [0.2, 0.25) is 0 Å². The van der Waals surface area contributed by atoms with Crippen molar-refractivity contribution in [1.82, 2.24) is 19.1 Å². The Kier molecular flexibility index (Phi) is 6.60. The summed E-state index contributed by atoms with van der Waals surface area (Å²) in [6.45, 7) is 0. The van der Waals surface area contributed by atoms with Gasteiger partial charge in [-0.15, -0.1) is 0 Å². The molecule has 0 fully saturated rings. The molecule has 0 N–H and O–H groups in total. The van der Waals surface area contributed by atoms with Gasteiger partial charge in [0.25, 0.3) is 0 Å². The summed E-state index contributed by atoms with van der Waals surface area (Å²) in [5.41, 5.74) is 18.7. The van der Waals surface area contributed by atoms with Crippen LogP contribution in [0.4, 0.5) is 0 Å². The van der Waals surface area contributed by atoms with E-state index in [2.05, 4.69) is 189 Å². The normalized spacial score (nSPS) is 11.9. The largest absolute Gasteiger partial charge is 0.308 e. The summed E-state index contributed by atoms with van der Waals surface area (Å²) in [7, 11) is 0. The van der Waals surface area contributed by atoms with Gasteiger partial charge in [-0.1, -0.05) is 121 Å². The third-order valence-corrected chi connectivity index (χ3v) is 11.7. The fourth-order valence-electron chi connectivity index (χ4n) is 9.25. The second-order valence-electron chi connectivity index (χ2n) is 14.6. The second kappa shape index (κ2) is 12.0. The fraction of sp³-hybridized carbons (Fsp3) is 0. The minimum Gasteiger partial charge on any atom is -0.308 e. The first-order valence-electron chi connectivity index (χ1n) is 19.1. The van der Waals surface area contributed by atoms with Crippen LogP contribution >= 0.6 is 0 Å². The molecule has 7 aromatic carbocycles. The van der Waals surface area contributed by atoms with E-state index in [0.717, 1.165) is 44.6 Å². The Bertz CT molecular complexity index is 3140. The Morgan fingerprint density at radius 1 is 0.286 bits per heavy atom. The Hall–Kier alpha value is -7.56. The van der Waals surface area contributed by atoms with E-state index in [-0.39, 0.29) is 0 Å². The van der Waals surface area contributed by atoms with Crippen molar-refractivity contribution in [3.8, 4) is 67.0 Å². The number of nitrogens with zero attached hydrogens (tertiary/aromatic N) is 4. The molecule has 260 valence electrons. The van der Waals surface area contributed by atoms with Crippen LogP contribution < -0.4 is 0 Å². The van der Waals surface area contributed by atoms with Crippen LogP contribution in [0.5, 0.6) is 0 Å². The van der Waals surface area contributed by atoms with E-state index in [1.165, 1.54) is 66.1 Å². The minimum atomic E-state index is 1.07. The van der Waals surface area contributed by atoms with E-state index in [9.17, 15) is 0 Å². The minimum absolute atomic E-state index is 1.07. The van der Waals surface area contributed by atoms with Crippen molar-refractivity contribution in [3.63, 3.8) is 0 Å². The van der Waals surface area contributed by atoms with Gasteiger partial charge in [0.15, 0.2) is 0 Å². The van der Waals surface area contributed by atoms with Gasteiger partial charge in [-0.2, -0.15) is 0 Å². The molecule has 0 saturated carbocycles. The maximum atomic E-state index is 4.62. The predicted octanol–water partition coefficient (Wildman–Crippen LogP) is 13.3. The summed E-state index contributed by atoms with van der Waals surface area (Å²) >= 11 is 0. The number of benzene rings is 7. The van der Waals surface area contributed by atoms with Crippen LogP contribution in [0, 0.1) is 0 Å². The standard InChI is InChI=1S/C52H32N4/c1-2-12-38-37(11-1)39-13-3-4-15-41(39)43-22-21-33(29-48(43)42-16-6-5-14-40(38)42)34-27-35(55-49-19-9-7-17-44(49)46-23-25-53-31-51(46)55)30-36(28-34)56-50-20-10-8-18-45(50)47-24-26-54-32-52(47)56/h1-32H. The van der Waals surface area contributed by atoms with Gasteiger partial charge < -0.3 is 9.13 Å². The van der Waals surface area contributed by atoms with Crippen molar-refractivity contribution in [3.05, 3.63) is 195 Å². The van der Waals surface area contributed by atoms with Crippen molar-refractivity contribution < 1.29 is 0 Å². The highest BCUT2D eigenvalue weighted by molar-refractivity contribution is 6.11. The lowest BCUT2D eigenvalue weighted by Crippen LogP contribution is -2.01.